The van der Waals surface area contributed by atoms with Crippen LogP contribution in [0.4, 0.5) is 0 Å². The summed E-state index contributed by atoms with van der Waals surface area (Å²) in [5, 5.41) is 14.8. The van der Waals surface area contributed by atoms with E-state index in [1.54, 1.807) is 12.1 Å². The Morgan fingerprint density at radius 2 is 1.47 bits per heavy atom. The molecule has 0 aromatic heterocycles. The van der Waals surface area contributed by atoms with Crippen molar-refractivity contribution in [3.05, 3.63) is 95.6 Å². The van der Waals surface area contributed by atoms with Gasteiger partial charge in [0.1, 0.15) is 6.04 Å². The van der Waals surface area contributed by atoms with E-state index in [1.807, 2.05) is 73.7 Å². The molecule has 1 atom stereocenters. The van der Waals surface area contributed by atoms with E-state index < -0.39 is 23.8 Å². The quantitative estimate of drug-likeness (QED) is 0.478. The zero-order chi connectivity index (χ0) is 22.9. The van der Waals surface area contributed by atoms with Crippen molar-refractivity contribution in [3.8, 4) is 11.1 Å². The highest BCUT2D eigenvalue weighted by molar-refractivity contribution is 6.04. The molecule has 0 radical (unpaired) electrons. The second-order valence-corrected chi connectivity index (χ2v) is 7.56. The molecule has 0 bridgehead atoms. The summed E-state index contributed by atoms with van der Waals surface area (Å²) in [5.74, 6) is -2.05. The third kappa shape index (κ3) is 6.36. The van der Waals surface area contributed by atoms with E-state index in [0.29, 0.717) is 12.1 Å². The summed E-state index contributed by atoms with van der Waals surface area (Å²) in [6, 6.07) is 23.5. The third-order valence-electron chi connectivity index (χ3n) is 5.27. The van der Waals surface area contributed by atoms with E-state index in [9.17, 15) is 19.5 Å². The number of amides is 2. The fourth-order valence-electron chi connectivity index (χ4n) is 3.34. The van der Waals surface area contributed by atoms with Gasteiger partial charge in [-0.1, -0.05) is 66.7 Å². The normalized spacial score (nSPS) is 11.5. The van der Waals surface area contributed by atoms with Crippen molar-refractivity contribution >= 4 is 17.8 Å². The highest BCUT2D eigenvalue weighted by Gasteiger charge is 2.19. The van der Waals surface area contributed by atoms with Crippen molar-refractivity contribution in [1.82, 2.24) is 10.6 Å². The summed E-state index contributed by atoms with van der Waals surface area (Å²) >= 11 is 0. The van der Waals surface area contributed by atoms with Crippen molar-refractivity contribution in [1.29, 1.82) is 0 Å². The predicted octanol–water partition coefficient (Wildman–Crippen LogP) is 3.94. The number of imide groups is 1. The van der Waals surface area contributed by atoms with E-state index in [2.05, 4.69) is 10.6 Å². The molecule has 0 fully saturated rings. The third-order valence-corrected chi connectivity index (χ3v) is 5.27. The van der Waals surface area contributed by atoms with Gasteiger partial charge >= 0.3 is 5.97 Å². The first kappa shape index (κ1) is 22.9. The van der Waals surface area contributed by atoms with Crippen LogP contribution in [-0.4, -0.2) is 28.9 Å². The molecule has 0 aliphatic heterocycles. The second kappa shape index (κ2) is 11.0. The Hall–Kier alpha value is -3.77. The Kier molecular flexibility index (Phi) is 7.89. The van der Waals surface area contributed by atoms with Crippen LogP contribution in [0.2, 0.25) is 0 Å². The maximum atomic E-state index is 12.4. The number of carbonyl (C=O) groups excluding carboxylic acids is 2. The monoisotopic (exact) mass is 430 g/mol. The zero-order valence-corrected chi connectivity index (χ0v) is 17.9. The molecule has 32 heavy (non-hydrogen) atoms. The number of nitrogens with one attached hydrogen (secondary N) is 2. The average molecular weight is 431 g/mol. The van der Waals surface area contributed by atoms with Gasteiger partial charge in [0.25, 0.3) is 5.91 Å². The van der Waals surface area contributed by atoms with Crippen LogP contribution in [0.25, 0.3) is 11.1 Å². The Morgan fingerprint density at radius 1 is 0.844 bits per heavy atom. The lowest BCUT2D eigenvalue weighted by Crippen LogP contribution is -2.38. The van der Waals surface area contributed by atoms with Gasteiger partial charge in [-0.15, -0.1) is 0 Å². The molecule has 0 saturated heterocycles. The van der Waals surface area contributed by atoms with Gasteiger partial charge in [-0.05, 0) is 47.7 Å². The number of rotatable bonds is 9. The molecule has 0 unspecified atom stereocenters. The van der Waals surface area contributed by atoms with E-state index in [1.165, 1.54) is 0 Å². The van der Waals surface area contributed by atoms with Crippen LogP contribution in [0.5, 0.6) is 0 Å². The first-order valence-corrected chi connectivity index (χ1v) is 10.4. The zero-order valence-electron chi connectivity index (χ0n) is 17.9. The van der Waals surface area contributed by atoms with Crippen molar-refractivity contribution in [2.75, 3.05) is 0 Å². The molecule has 164 valence electrons. The number of carboxylic acids is 1. The van der Waals surface area contributed by atoms with Crippen LogP contribution in [0.15, 0.2) is 78.9 Å². The van der Waals surface area contributed by atoms with Crippen LogP contribution in [-0.2, 0) is 16.1 Å². The number of carbonyl (C=O) groups is 3. The van der Waals surface area contributed by atoms with Gasteiger partial charge in [0.15, 0.2) is 0 Å². The van der Waals surface area contributed by atoms with Crippen LogP contribution < -0.4 is 10.6 Å². The average Bonchev–Trinajstić information content (AvgIpc) is 2.80. The molecule has 0 aliphatic rings. The Balaban J connectivity index is 1.50. The SMILES string of the molecule is Cc1ccccc1CN[C@@H](CCC(=O)NC(=O)c1ccc(-c2ccccc2)cc1)C(=O)O. The molecule has 3 N–H and O–H groups in total. The molecule has 6 nitrogen and oxygen atoms in total. The molecule has 0 saturated carbocycles. The number of aliphatic carboxylic acids is 1. The maximum Gasteiger partial charge on any atom is 0.320 e. The lowest BCUT2D eigenvalue weighted by molar-refractivity contribution is -0.139. The summed E-state index contributed by atoms with van der Waals surface area (Å²) in [6.45, 7) is 2.34. The lowest BCUT2D eigenvalue weighted by Gasteiger charge is -2.15. The number of benzene rings is 3. The van der Waals surface area contributed by atoms with Crippen molar-refractivity contribution in [3.63, 3.8) is 0 Å². The molecule has 0 heterocycles. The van der Waals surface area contributed by atoms with Gasteiger partial charge in [0, 0.05) is 18.5 Å². The minimum absolute atomic E-state index is 0.0767. The number of aryl methyl sites for hydroxylation is 1. The summed E-state index contributed by atoms with van der Waals surface area (Å²) in [7, 11) is 0. The van der Waals surface area contributed by atoms with Crippen LogP contribution in [0.3, 0.4) is 0 Å². The largest absolute Gasteiger partial charge is 0.480 e. The molecule has 0 aliphatic carbocycles. The first-order chi connectivity index (χ1) is 15.4. The highest BCUT2D eigenvalue weighted by atomic mass is 16.4. The maximum absolute atomic E-state index is 12.4. The topological polar surface area (TPSA) is 95.5 Å². The fraction of sp³-hybridized carbons (Fsp3) is 0.192. The molecule has 3 rings (SSSR count). The Morgan fingerprint density at radius 3 is 2.12 bits per heavy atom. The van der Waals surface area contributed by atoms with Crippen molar-refractivity contribution in [2.45, 2.75) is 32.4 Å². The van der Waals surface area contributed by atoms with Crippen molar-refractivity contribution in [2.24, 2.45) is 0 Å². The van der Waals surface area contributed by atoms with Crippen LogP contribution in [0.1, 0.15) is 34.3 Å². The predicted molar refractivity (Wildman–Crippen MR) is 123 cm³/mol. The lowest BCUT2D eigenvalue weighted by atomic mass is 10.0. The van der Waals surface area contributed by atoms with E-state index >= 15 is 0 Å². The molecule has 3 aromatic rings. The van der Waals surface area contributed by atoms with Gasteiger partial charge in [-0.2, -0.15) is 0 Å². The van der Waals surface area contributed by atoms with Gasteiger partial charge < -0.3 is 10.4 Å². The van der Waals surface area contributed by atoms with Crippen LogP contribution >= 0.6 is 0 Å². The van der Waals surface area contributed by atoms with Crippen LogP contribution in [0, 0.1) is 6.92 Å². The highest BCUT2D eigenvalue weighted by Crippen LogP contribution is 2.19. The minimum Gasteiger partial charge on any atom is -0.480 e. The number of hydrogen-bond donors (Lipinski definition) is 3. The standard InChI is InChI=1S/C26H26N2O4/c1-18-7-5-6-10-22(18)17-27-23(26(31)32)15-16-24(29)28-25(30)21-13-11-20(12-14-21)19-8-3-2-4-9-19/h2-14,23,27H,15-17H2,1H3,(H,31,32)(H,28,29,30)/t23-/m0/s1. The summed E-state index contributed by atoms with van der Waals surface area (Å²) in [4.78, 5) is 36.1. The van der Waals surface area contributed by atoms with Gasteiger partial charge in [0.05, 0.1) is 0 Å². The minimum atomic E-state index is -1.03. The second-order valence-electron chi connectivity index (χ2n) is 7.56. The van der Waals surface area contributed by atoms with Gasteiger partial charge in [-0.3, -0.25) is 19.7 Å². The molecular formula is C26H26N2O4. The van der Waals surface area contributed by atoms with E-state index in [4.69, 9.17) is 0 Å². The first-order valence-electron chi connectivity index (χ1n) is 10.4. The Bertz CT molecular complexity index is 1080. The number of hydrogen-bond acceptors (Lipinski definition) is 4. The molecule has 3 aromatic carbocycles. The van der Waals surface area contributed by atoms with E-state index in [0.717, 1.165) is 22.3 Å². The Labute approximate surface area is 187 Å². The summed E-state index contributed by atoms with van der Waals surface area (Å²) in [5.41, 5.74) is 4.43. The smallest absolute Gasteiger partial charge is 0.320 e. The molecular weight excluding hydrogens is 404 g/mol. The van der Waals surface area contributed by atoms with Gasteiger partial charge in [0.2, 0.25) is 5.91 Å². The molecule has 6 heteroatoms. The van der Waals surface area contributed by atoms with E-state index in [-0.39, 0.29) is 12.8 Å². The molecule has 2 amide bonds. The van der Waals surface area contributed by atoms with Gasteiger partial charge in [-0.25, -0.2) is 0 Å². The molecule has 0 spiro atoms. The summed E-state index contributed by atoms with van der Waals surface area (Å²) < 4.78 is 0. The fourth-order valence-corrected chi connectivity index (χ4v) is 3.34. The summed E-state index contributed by atoms with van der Waals surface area (Å²) in [6.07, 6.45) is -0.00114. The van der Waals surface area contributed by atoms with Crippen molar-refractivity contribution < 1.29 is 19.5 Å². The number of carboxylic acid groups (broad SMARTS) is 1.